The van der Waals surface area contributed by atoms with Crippen LogP contribution in [0.4, 0.5) is 5.69 Å². The molecule has 0 saturated heterocycles. The highest BCUT2D eigenvalue weighted by Gasteiger charge is 2.28. The lowest BCUT2D eigenvalue weighted by Crippen LogP contribution is -2.41. The Bertz CT molecular complexity index is 481. The topological polar surface area (TPSA) is 46.3 Å². The third kappa shape index (κ3) is 3.45. The average molecular weight is 295 g/mol. The van der Waals surface area contributed by atoms with Crippen molar-refractivity contribution in [1.82, 2.24) is 4.90 Å². The normalized spacial score (nSPS) is 15.8. The Morgan fingerprint density at radius 2 is 2.05 bits per heavy atom. The number of halogens is 1. The number of nitrogens with zero attached hydrogens (tertiary/aromatic N) is 1. The van der Waals surface area contributed by atoms with Crippen LogP contribution in [0.1, 0.15) is 49.9 Å². The summed E-state index contributed by atoms with van der Waals surface area (Å²) in [5, 5.41) is 0.482. The maximum absolute atomic E-state index is 12.8. The van der Waals surface area contributed by atoms with Gasteiger partial charge in [-0.2, -0.15) is 0 Å². The molecule has 0 aliphatic heterocycles. The van der Waals surface area contributed by atoms with Gasteiger partial charge in [-0.1, -0.05) is 38.3 Å². The van der Waals surface area contributed by atoms with E-state index in [-0.39, 0.29) is 5.91 Å². The van der Waals surface area contributed by atoms with Gasteiger partial charge < -0.3 is 10.6 Å². The van der Waals surface area contributed by atoms with E-state index in [4.69, 9.17) is 17.3 Å². The van der Waals surface area contributed by atoms with E-state index in [1.807, 2.05) is 4.90 Å². The maximum Gasteiger partial charge on any atom is 0.255 e. The zero-order chi connectivity index (χ0) is 14.7. The molecule has 0 unspecified atom stereocenters. The molecule has 0 radical (unpaired) electrons. The smallest absolute Gasteiger partial charge is 0.255 e. The van der Waals surface area contributed by atoms with E-state index in [2.05, 4.69) is 13.8 Å². The Hall–Kier alpha value is -1.22. The zero-order valence-electron chi connectivity index (χ0n) is 12.2. The summed E-state index contributed by atoms with van der Waals surface area (Å²) < 4.78 is 0. The number of hydrogen-bond donors (Lipinski definition) is 1. The first kappa shape index (κ1) is 15.2. The van der Waals surface area contributed by atoms with Crippen molar-refractivity contribution in [2.45, 2.75) is 45.6 Å². The molecule has 0 aromatic heterocycles. The summed E-state index contributed by atoms with van der Waals surface area (Å²) in [5.74, 6) is 0.460. The SMILES string of the molecule is CC(C)CN(C(=O)c1cc(N)ccc1Cl)C1CCCC1. The molecule has 0 heterocycles. The lowest BCUT2D eigenvalue weighted by Gasteiger charge is -2.31. The standard InChI is InChI=1S/C16H23ClN2O/c1-11(2)10-19(13-5-3-4-6-13)16(20)14-9-12(18)7-8-15(14)17/h7-9,11,13H,3-6,10,18H2,1-2H3. The van der Waals surface area contributed by atoms with Crippen molar-refractivity contribution in [2.75, 3.05) is 12.3 Å². The highest BCUT2D eigenvalue weighted by atomic mass is 35.5. The number of rotatable bonds is 4. The van der Waals surface area contributed by atoms with Gasteiger partial charge in [0.15, 0.2) is 0 Å². The second-order valence-electron chi connectivity index (χ2n) is 6.03. The minimum Gasteiger partial charge on any atom is -0.399 e. The van der Waals surface area contributed by atoms with Crippen molar-refractivity contribution < 1.29 is 4.79 Å². The minimum absolute atomic E-state index is 0.0166. The van der Waals surface area contributed by atoms with Crippen LogP contribution in [0.2, 0.25) is 5.02 Å². The van der Waals surface area contributed by atoms with E-state index in [0.29, 0.717) is 28.2 Å². The third-order valence-corrected chi connectivity index (χ3v) is 4.14. The van der Waals surface area contributed by atoms with Crippen LogP contribution in [0.3, 0.4) is 0 Å². The third-order valence-electron chi connectivity index (χ3n) is 3.81. The van der Waals surface area contributed by atoms with Crippen LogP contribution >= 0.6 is 11.6 Å². The van der Waals surface area contributed by atoms with Gasteiger partial charge in [0, 0.05) is 18.3 Å². The van der Waals surface area contributed by atoms with Gasteiger partial charge in [0.05, 0.1) is 10.6 Å². The lowest BCUT2D eigenvalue weighted by molar-refractivity contribution is 0.0656. The Labute approximate surface area is 126 Å². The van der Waals surface area contributed by atoms with Gasteiger partial charge in [-0.3, -0.25) is 4.79 Å². The summed E-state index contributed by atoms with van der Waals surface area (Å²) >= 11 is 6.18. The van der Waals surface area contributed by atoms with Gasteiger partial charge in [-0.05, 0) is 37.0 Å². The molecule has 1 aliphatic rings. The number of amides is 1. The summed E-state index contributed by atoms with van der Waals surface area (Å²) in [6.45, 7) is 5.04. The molecular formula is C16H23ClN2O. The largest absolute Gasteiger partial charge is 0.399 e. The van der Waals surface area contributed by atoms with Crippen molar-refractivity contribution in [1.29, 1.82) is 0 Å². The molecule has 2 rings (SSSR count). The molecule has 0 bridgehead atoms. The molecular weight excluding hydrogens is 272 g/mol. The number of anilines is 1. The Morgan fingerprint density at radius 3 is 2.65 bits per heavy atom. The summed E-state index contributed by atoms with van der Waals surface area (Å²) in [6, 6.07) is 5.46. The van der Waals surface area contributed by atoms with E-state index in [1.54, 1.807) is 18.2 Å². The molecule has 1 aliphatic carbocycles. The summed E-state index contributed by atoms with van der Waals surface area (Å²) in [4.78, 5) is 14.8. The molecule has 0 atom stereocenters. The van der Waals surface area contributed by atoms with Gasteiger partial charge in [-0.15, -0.1) is 0 Å². The molecule has 1 fully saturated rings. The fourth-order valence-electron chi connectivity index (χ4n) is 2.87. The Balaban J connectivity index is 2.27. The van der Waals surface area contributed by atoms with Gasteiger partial charge in [0.25, 0.3) is 5.91 Å². The number of nitrogens with two attached hydrogens (primary N) is 1. The van der Waals surface area contributed by atoms with Crippen molar-refractivity contribution in [2.24, 2.45) is 5.92 Å². The fraction of sp³-hybridized carbons (Fsp3) is 0.562. The van der Waals surface area contributed by atoms with Crippen LogP contribution in [0, 0.1) is 5.92 Å². The molecule has 2 N–H and O–H groups in total. The van der Waals surface area contributed by atoms with Crippen LogP contribution in [0.5, 0.6) is 0 Å². The number of nitrogen functional groups attached to an aromatic ring is 1. The highest BCUT2D eigenvalue weighted by Crippen LogP contribution is 2.28. The Kier molecular flexibility index (Phi) is 4.92. The first-order chi connectivity index (χ1) is 9.49. The van der Waals surface area contributed by atoms with E-state index in [0.717, 1.165) is 19.4 Å². The molecule has 1 aromatic carbocycles. The first-order valence-corrected chi connectivity index (χ1v) is 7.73. The highest BCUT2D eigenvalue weighted by molar-refractivity contribution is 6.34. The predicted octanol–water partition coefficient (Wildman–Crippen LogP) is 3.96. The van der Waals surface area contributed by atoms with Crippen molar-refractivity contribution in [3.05, 3.63) is 28.8 Å². The van der Waals surface area contributed by atoms with E-state index >= 15 is 0 Å². The quantitative estimate of drug-likeness (QED) is 0.854. The van der Waals surface area contributed by atoms with Gasteiger partial charge in [0.1, 0.15) is 0 Å². The predicted molar refractivity (Wildman–Crippen MR) is 84.0 cm³/mol. The second kappa shape index (κ2) is 6.49. The fourth-order valence-corrected chi connectivity index (χ4v) is 3.07. The van der Waals surface area contributed by atoms with Gasteiger partial charge in [-0.25, -0.2) is 0 Å². The van der Waals surface area contributed by atoms with Crippen molar-refractivity contribution >= 4 is 23.2 Å². The van der Waals surface area contributed by atoms with Crippen molar-refractivity contribution in [3.63, 3.8) is 0 Å². The van der Waals surface area contributed by atoms with Crippen molar-refractivity contribution in [3.8, 4) is 0 Å². The van der Waals surface area contributed by atoms with Crippen LogP contribution in [-0.2, 0) is 0 Å². The Morgan fingerprint density at radius 1 is 1.40 bits per heavy atom. The number of hydrogen-bond acceptors (Lipinski definition) is 2. The number of carbonyl (C=O) groups is 1. The van der Waals surface area contributed by atoms with E-state index in [1.165, 1.54) is 12.8 Å². The molecule has 3 nitrogen and oxygen atoms in total. The van der Waals surface area contributed by atoms with Crippen LogP contribution < -0.4 is 5.73 Å². The molecule has 1 amide bonds. The van der Waals surface area contributed by atoms with Crippen LogP contribution in [0.15, 0.2) is 18.2 Å². The first-order valence-electron chi connectivity index (χ1n) is 7.35. The summed E-state index contributed by atoms with van der Waals surface area (Å²) in [5.41, 5.74) is 6.90. The second-order valence-corrected chi connectivity index (χ2v) is 6.44. The van der Waals surface area contributed by atoms with E-state index < -0.39 is 0 Å². The molecule has 1 aromatic rings. The summed E-state index contributed by atoms with van der Waals surface area (Å²) in [6.07, 6.45) is 4.60. The molecule has 110 valence electrons. The molecule has 0 spiro atoms. The van der Waals surface area contributed by atoms with E-state index in [9.17, 15) is 4.79 Å². The summed E-state index contributed by atoms with van der Waals surface area (Å²) in [7, 11) is 0. The molecule has 4 heteroatoms. The average Bonchev–Trinajstić information content (AvgIpc) is 2.91. The maximum atomic E-state index is 12.8. The molecule has 20 heavy (non-hydrogen) atoms. The number of carbonyl (C=O) groups excluding carboxylic acids is 1. The zero-order valence-corrected chi connectivity index (χ0v) is 13.0. The molecule has 1 saturated carbocycles. The minimum atomic E-state index is 0.0166. The monoisotopic (exact) mass is 294 g/mol. The van der Waals surface area contributed by atoms with Gasteiger partial charge in [0.2, 0.25) is 0 Å². The number of benzene rings is 1. The van der Waals surface area contributed by atoms with Crippen LogP contribution in [-0.4, -0.2) is 23.4 Å². The van der Waals surface area contributed by atoms with Crippen LogP contribution in [0.25, 0.3) is 0 Å². The lowest BCUT2D eigenvalue weighted by atomic mass is 10.1. The van der Waals surface area contributed by atoms with Gasteiger partial charge >= 0.3 is 0 Å².